The van der Waals surface area contributed by atoms with Crippen molar-refractivity contribution >= 4 is 11.9 Å². The fourth-order valence-corrected chi connectivity index (χ4v) is 0.549. The third-order valence-corrected chi connectivity index (χ3v) is 1.08. The van der Waals surface area contributed by atoms with E-state index in [4.69, 9.17) is 5.11 Å². The average Bonchev–Trinajstić information content (AvgIpc) is 2.33. The van der Waals surface area contributed by atoms with Crippen molar-refractivity contribution in [1.82, 2.24) is 15.2 Å². The minimum atomic E-state index is -1.11. The highest BCUT2D eigenvalue weighted by Gasteiger charge is 2.09. The van der Waals surface area contributed by atoms with Crippen molar-refractivity contribution in [1.29, 1.82) is 0 Å². The summed E-state index contributed by atoms with van der Waals surface area (Å²) in [7, 11) is 3.46. The minimum Gasteiger partial charge on any atom is -0.475 e. The van der Waals surface area contributed by atoms with Crippen LogP contribution in [0.15, 0.2) is 0 Å². The molecule has 6 heteroatoms. The van der Waals surface area contributed by atoms with Crippen molar-refractivity contribution in [2.75, 3.05) is 19.0 Å². The first kappa shape index (κ1) is 7.52. The monoisotopic (exact) mass is 156 g/mol. The van der Waals surface area contributed by atoms with E-state index in [-0.39, 0.29) is 5.82 Å². The molecule has 1 heterocycles. The first-order chi connectivity index (χ1) is 5.11. The number of hydrogen-bond donors (Lipinski definition) is 2. The first-order valence-corrected chi connectivity index (χ1v) is 2.94. The molecule has 2 N–H and O–H groups in total. The molecule has 11 heavy (non-hydrogen) atoms. The van der Waals surface area contributed by atoms with Gasteiger partial charge in [-0.25, -0.2) is 4.79 Å². The second kappa shape index (κ2) is 2.57. The van der Waals surface area contributed by atoms with Gasteiger partial charge in [0.2, 0.25) is 11.8 Å². The van der Waals surface area contributed by atoms with Gasteiger partial charge in [-0.15, -0.1) is 5.10 Å². The van der Waals surface area contributed by atoms with Gasteiger partial charge in [0.15, 0.2) is 0 Å². The number of aromatic nitrogens is 3. The molecule has 0 atom stereocenters. The van der Waals surface area contributed by atoms with Crippen LogP contribution in [0.5, 0.6) is 0 Å². The summed E-state index contributed by atoms with van der Waals surface area (Å²) in [5.41, 5.74) is 0. The van der Waals surface area contributed by atoms with E-state index in [1.807, 2.05) is 0 Å². The Hall–Kier alpha value is -1.59. The molecule has 1 aromatic rings. The summed E-state index contributed by atoms with van der Waals surface area (Å²) in [6.07, 6.45) is 0. The van der Waals surface area contributed by atoms with Crippen LogP contribution in [0.2, 0.25) is 0 Å². The largest absolute Gasteiger partial charge is 0.475 e. The summed E-state index contributed by atoms with van der Waals surface area (Å²) in [4.78, 5) is 15.6. The number of aromatic carboxylic acids is 1. The fraction of sp³-hybridized carbons (Fsp3) is 0.400. The van der Waals surface area contributed by atoms with Crippen LogP contribution in [0.25, 0.3) is 0 Å². The van der Waals surface area contributed by atoms with Crippen LogP contribution in [0, 0.1) is 0 Å². The standard InChI is InChI=1S/C5H8N4O2/c1-9(2)5-6-3(4(10)11)7-8-5/h1-2H3,(H,10,11)(H,6,7,8). The molecule has 0 spiro atoms. The number of hydrogen-bond acceptors (Lipinski definition) is 4. The van der Waals surface area contributed by atoms with Crippen molar-refractivity contribution in [3.63, 3.8) is 0 Å². The van der Waals surface area contributed by atoms with Gasteiger partial charge in [0.05, 0.1) is 0 Å². The second-order valence-electron chi connectivity index (χ2n) is 2.18. The Labute approximate surface area is 62.9 Å². The Kier molecular flexibility index (Phi) is 1.75. The second-order valence-corrected chi connectivity index (χ2v) is 2.18. The molecule has 0 aliphatic rings. The predicted octanol–water partition coefficient (Wildman–Crippen LogP) is -0.431. The lowest BCUT2D eigenvalue weighted by Crippen LogP contribution is -2.10. The molecule has 0 unspecified atom stereocenters. The minimum absolute atomic E-state index is 0.145. The molecule has 0 aliphatic carbocycles. The van der Waals surface area contributed by atoms with Gasteiger partial charge >= 0.3 is 5.97 Å². The summed E-state index contributed by atoms with van der Waals surface area (Å²) < 4.78 is 0. The number of rotatable bonds is 2. The van der Waals surface area contributed by atoms with Crippen molar-refractivity contribution in [2.24, 2.45) is 0 Å². The van der Waals surface area contributed by atoms with E-state index < -0.39 is 5.97 Å². The maximum atomic E-state index is 10.3. The van der Waals surface area contributed by atoms with Gasteiger partial charge < -0.3 is 10.0 Å². The molecule has 0 radical (unpaired) electrons. The Bertz CT molecular complexity index is 267. The Morgan fingerprint density at radius 2 is 2.27 bits per heavy atom. The number of H-pyrrole nitrogens is 1. The van der Waals surface area contributed by atoms with Crippen molar-refractivity contribution < 1.29 is 9.90 Å². The molecule has 0 fully saturated rings. The number of aromatic amines is 1. The van der Waals surface area contributed by atoms with Crippen LogP contribution in [0.1, 0.15) is 10.6 Å². The number of nitrogens with one attached hydrogen (secondary N) is 1. The third-order valence-electron chi connectivity index (χ3n) is 1.08. The van der Waals surface area contributed by atoms with E-state index in [0.29, 0.717) is 5.95 Å². The van der Waals surface area contributed by atoms with Gasteiger partial charge in [0.1, 0.15) is 0 Å². The van der Waals surface area contributed by atoms with Crippen LogP contribution in [0.3, 0.4) is 0 Å². The van der Waals surface area contributed by atoms with E-state index in [1.165, 1.54) is 0 Å². The lowest BCUT2D eigenvalue weighted by Gasteiger charge is -2.02. The van der Waals surface area contributed by atoms with Gasteiger partial charge in [-0.3, -0.25) is 5.10 Å². The number of anilines is 1. The zero-order valence-corrected chi connectivity index (χ0v) is 6.20. The highest BCUT2D eigenvalue weighted by molar-refractivity contribution is 5.83. The number of carboxylic acids is 1. The average molecular weight is 156 g/mol. The zero-order valence-electron chi connectivity index (χ0n) is 6.20. The van der Waals surface area contributed by atoms with Crippen molar-refractivity contribution in [3.8, 4) is 0 Å². The summed E-state index contributed by atoms with van der Waals surface area (Å²) in [5, 5.41) is 14.4. The van der Waals surface area contributed by atoms with E-state index in [1.54, 1.807) is 19.0 Å². The van der Waals surface area contributed by atoms with E-state index in [2.05, 4.69) is 15.2 Å². The Morgan fingerprint density at radius 3 is 2.55 bits per heavy atom. The molecule has 0 aromatic carbocycles. The molecular weight excluding hydrogens is 148 g/mol. The molecule has 0 amide bonds. The van der Waals surface area contributed by atoms with Crippen LogP contribution in [-0.4, -0.2) is 40.4 Å². The summed E-state index contributed by atoms with van der Waals surface area (Å²) in [5.74, 6) is -0.887. The molecule has 0 bridgehead atoms. The highest BCUT2D eigenvalue weighted by Crippen LogP contribution is 2.00. The summed E-state index contributed by atoms with van der Waals surface area (Å²) >= 11 is 0. The smallest absolute Gasteiger partial charge is 0.373 e. The normalized spacial score (nSPS) is 9.64. The molecule has 0 saturated heterocycles. The van der Waals surface area contributed by atoms with Crippen LogP contribution in [-0.2, 0) is 0 Å². The van der Waals surface area contributed by atoms with Gasteiger partial charge in [0.25, 0.3) is 0 Å². The van der Waals surface area contributed by atoms with Crippen LogP contribution >= 0.6 is 0 Å². The summed E-state index contributed by atoms with van der Waals surface area (Å²) in [6, 6.07) is 0. The first-order valence-electron chi connectivity index (χ1n) is 2.94. The molecule has 0 saturated carbocycles. The summed E-state index contributed by atoms with van der Waals surface area (Å²) in [6.45, 7) is 0. The van der Waals surface area contributed by atoms with Gasteiger partial charge in [-0.05, 0) is 0 Å². The molecule has 0 aliphatic heterocycles. The molecule has 6 nitrogen and oxygen atoms in total. The van der Waals surface area contributed by atoms with E-state index >= 15 is 0 Å². The number of carbonyl (C=O) groups is 1. The maximum absolute atomic E-state index is 10.3. The molecule has 60 valence electrons. The van der Waals surface area contributed by atoms with Gasteiger partial charge in [-0.1, -0.05) is 0 Å². The Morgan fingerprint density at radius 1 is 1.64 bits per heavy atom. The van der Waals surface area contributed by atoms with Crippen molar-refractivity contribution in [2.45, 2.75) is 0 Å². The fourth-order valence-electron chi connectivity index (χ4n) is 0.549. The Balaban J connectivity index is 2.90. The maximum Gasteiger partial charge on any atom is 0.373 e. The lowest BCUT2D eigenvalue weighted by atomic mass is 10.6. The van der Waals surface area contributed by atoms with Crippen molar-refractivity contribution in [3.05, 3.63) is 5.82 Å². The quantitative estimate of drug-likeness (QED) is 0.607. The third kappa shape index (κ3) is 1.46. The molecular formula is C5H8N4O2. The van der Waals surface area contributed by atoms with E-state index in [0.717, 1.165) is 0 Å². The van der Waals surface area contributed by atoms with Crippen LogP contribution < -0.4 is 4.90 Å². The highest BCUT2D eigenvalue weighted by atomic mass is 16.4. The SMILES string of the molecule is CN(C)c1n[nH]c(C(=O)O)n1. The predicted molar refractivity (Wildman–Crippen MR) is 37.7 cm³/mol. The van der Waals surface area contributed by atoms with Gasteiger partial charge in [0, 0.05) is 14.1 Å². The molecule has 1 rings (SSSR count). The topological polar surface area (TPSA) is 82.1 Å². The lowest BCUT2D eigenvalue weighted by molar-refractivity contribution is 0.0684. The zero-order chi connectivity index (χ0) is 8.43. The van der Waals surface area contributed by atoms with Crippen LogP contribution in [0.4, 0.5) is 5.95 Å². The number of nitrogens with zero attached hydrogens (tertiary/aromatic N) is 3. The molecule has 1 aromatic heterocycles. The number of carboxylic acid groups (broad SMARTS) is 1. The van der Waals surface area contributed by atoms with Gasteiger partial charge in [-0.2, -0.15) is 4.98 Å². The van der Waals surface area contributed by atoms with E-state index in [9.17, 15) is 4.79 Å².